The van der Waals surface area contributed by atoms with Gasteiger partial charge in [-0.15, -0.1) is 0 Å². The fraction of sp³-hybridized carbons (Fsp3) is 0.455. The number of esters is 1. The van der Waals surface area contributed by atoms with Crippen LogP contribution in [0.4, 0.5) is 0 Å². The third kappa shape index (κ3) is 3.69. The maximum atomic E-state index is 12.7. The Balaban J connectivity index is 1.47. The summed E-state index contributed by atoms with van der Waals surface area (Å²) in [5, 5.41) is 0.741. The van der Waals surface area contributed by atoms with E-state index in [0.717, 1.165) is 35.6 Å². The van der Waals surface area contributed by atoms with Crippen molar-refractivity contribution < 1.29 is 18.7 Å². The van der Waals surface area contributed by atoms with Crippen LogP contribution in [0.5, 0.6) is 0 Å². The van der Waals surface area contributed by atoms with Crippen molar-refractivity contribution in [2.24, 2.45) is 0 Å². The zero-order valence-electron chi connectivity index (χ0n) is 17.2. The third-order valence-corrected chi connectivity index (χ3v) is 5.69. The summed E-state index contributed by atoms with van der Waals surface area (Å²) in [4.78, 5) is 44.0. The van der Waals surface area contributed by atoms with Crippen molar-refractivity contribution in [3.8, 4) is 0 Å². The molecule has 0 N–H and O–H groups in total. The first-order valence-corrected chi connectivity index (χ1v) is 10.4. The standard InChI is InChI=1S/C22H25N3O5/c1-3-15-8-6-7-11-25(15)21(27)14(2)29-18(26)12-24-13-23-19-16-9-4-5-10-17(16)30-20(19)22(24)28/h4-5,9-10,13-15H,3,6-8,11-12H2,1-2H3. The molecule has 158 valence electrons. The Hall–Kier alpha value is -3.16. The summed E-state index contributed by atoms with van der Waals surface area (Å²) in [6.45, 7) is 3.98. The lowest BCUT2D eigenvalue weighted by atomic mass is 9.99. The van der Waals surface area contributed by atoms with Crippen LogP contribution in [0.2, 0.25) is 0 Å². The van der Waals surface area contributed by atoms with Crippen molar-refractivity contribution in [3.63, 3.8) is 0 Å². The Bertz CT molecular complexity index is 1150. The molecule has 3 aromatic rings. The molecule has 1 aliphatic heterocycles. The summed E-state index contributed by atoms with van der Waals surface area (Å²) in [5.41, 5.74) is 0.645. The maximum Gasteiger partial charge on any atom is 0.326 e. The first-order valence-electron chi connectivity index (χ1n) is 10.4. The largest absolute Gasteiger partial charge is 0.451 e. The zero-order chi connectivity index (χ0) is 21.3. The van der Waals surface area contributed by atoms with E-state index in [1.165, 1.54) is 6.33 Å². The molecule has 1 amide bonds. The normalized spacial score (nSPS) is 17.9. The molecule has 1 aromatic carbocycles. The summed E-state index contributed by atoms with van der Waals surface area (Å²) in [7, 11) is 0. The zero-order valence-corrected chi connectivity index (χ0v) is 17.2. The van der Waals surface area contributed by atoms with E-state index < -0.39 is 17.6 Å². The summed E-state index contributed by atoms with van der Waals surface area (Å²) in [6.07, 6.45) is 4.33. The van der Waals surface area contributed by atoms with E-state index in [1.54, 1.807) is 13.0 Å². The monoisotopic (exact) mass is 411 g/mol. The number of carbonyl (C=O) groups excluding carboxylic acids is 2. The molecule has 0 bridgehead atoms. The first kappa shape index (κ1) is 20.1. The van der Waals surface area contributed by atoms with Crippen molar-refractivity contribution in [2.75, 3.05) is 6.54 Å². The molecule has 0 saturated carbocycles. The number of aromatic nitrogens is 2. The van der Waals surface area contributed by atoms with Gasteiger partial charge >= 0.3 is 5.97 Å². The molecule has 1 fully saturated rings. The maximum absolute atomic E-state index is 12.7. The highest BCUT2D eigenvalue weighted by Crippen LogP contribution is 2.24. The topological polar surface area (TPSA) is 94.6 Å². The molecule has 8 nitrogen and oxygen atoms in total. The number of benzene rings is 1. The van der Waals surface area contributed by atoms with Gasteiger partial charge in [-0.05, 0) is 44.7 Å². The Morgan fingerprint density at radius 3 is 2.90 bits per heavy atom. The summed E-state index contributed by atoms with van der Waals surface area (Å²) >= 11 is 0. The number of hydrogen-bond donors (Lipinski definition) is 0. The molecule has 1 saturated heterocycles. The van der Waals surface area contributed by atoms with Gasteiger partial charge in [0.1, 0.15) is 17.6 Å². The van der Waals surface area contributed by atoms with E-state index in [9.17, 15) is 14.4 Å². The van der Waals surface area contributed by atoms with Crippen LogP contribution in [0.3, 0.4) is 0 Å². The molecule has 2 unspecified atom stereocenters. The predicted octanol–water partition coefficient (Wildman–Crippen LogP) is 2.87. The molecule has 0 radical (unpaired) electrons. The minimum absolute atomic E-state index is 0.0923. The SMILES string of the molecule is CCC1CCCCN1C(=O)C(C)OC(=O)Cn1cnc2c(oc3ccccc32)c1=O. The second-order valence-corrected chi connectivity index (χ2v) is 7.68. The number of furan rings is 1. The lowest BCUT2D eigenvalue weighted by molar-refractivity contribution is -0.161. The van der Waals surface area contributed by atoms with Gasteiger partial charge in [0.25, 0.3) is 11.5 Å². The van der Waals surface area contributed by atoms with Crippen LogP contribution in [0.25, 0.3) is 22.1 Å². The minimum Gasteiger partial charge on any atom is -0.451 e. The van der Waals surface area contributed by atoms with Crippen molar-refractivity contribution in [2.45, 2.75) is 58.2 Å². The number of likely N-dealkylation sites (tertiary alicyclic amines) is 1. The highest BCUT2D eigenvalue weighted by molar-refractivity contribution is 6.01. The Morgan fingerprint density at radius 1 is 1.30 bits per heavy atom. The van der Waals surface area contributed by atoms with Crippen molar-refractivity contribution in [3.05, 3.63) is 40.9 Å². The fourth-order valence-electron chi connectivity index (χ4n) is 4.10. The lowest BCUT2D eigenvalue weighted by Gasteiger charge is -2.36. The van der Waals surface area contributed by atoms with E-state index in [4.69, 9.17) is 9.15 Å². The molecule has 1 aliphatic rings. The molecule has 2 atom stereocenters. The number of amides is 1. The van der Waals surface area contributed by atoms with Gasteiger partial charge in [-0.3, -0.25) is 19.0 Å². The number of piperidine rings is 1. The average molecular weight is 411 g/mol. The van der Waals surface area contributed by atoms with Gasteiger partial charge in [0, 0.05) is 18.0 Å². The highest BCUT2D eigenvalue weighted by atomic mass is 16.5. The van der Waals surface area contributed by atoms with Crippen LogP contribution in [0.15, 0.2) is 39.8 Å². The van der Waals surface area contributed by atoms with Gasteiger partial charge < -0.3 is 14.1 Å². The quantitative estimate of drug-likeness (QED) is 0.599. The molecule has 3 heterocycles. The van der Waals surface area contributed by atoms with E-state index in [1.807, 2.05) is 23.1 Å². The van der Waals surface area contributed by atoms with Crippen molar-refractivity contribution in [1.29, 1.82) is 0 Å². The lowest BCUT2D eigenvalue weighted by Crippen LogP contribution is -2.48. The first-order chi connectivity index (χ1) is 14.5. The van der Waals surface area contributed by atoms with Crippen LogP contribution in [-0.4, -0.2) is 45.0 Å². The average Bonchev–Trinajstić information content (AvgIpc) is 3.14. The molecular weight excluding hydrogens is 386 g/mol. The van der Waals surface area contributed by atoms with Crippen LogP contribution in [0, 0.1) is 0 Å². The van der Waals surface area contributed by atoms with Gasteiger partial charge in [0.15, 0.2) is 6.10 Å². The van der Waals surface area contributed by atoms with Crippen LogP contribution >= 0.6 is 0 Å². The Labute approximate surface area is 173 Å². The number of fused-ring (bicyclic) bond motifs is 3. The number of carbonyl (C=O) groups is 2. The molecule has 30 heavy (non-hydrogen) atoms. The predicted molar refractivity (Wildman–Crippen MR) is 111 cm³/mol. The number of para-hydroxylation sites is 1. The van der Waals surface area contributed by atoms with Gasteiger partial charge in [-0.1, -0.05) is 19.1 Å². The summed E-state index contributed by atoms with van der Waals surface area (Å²) < 4.78 is 12.1. The molecule has 0 spiro atoms. The van der Waals surface area contributed by atoms with Crippen LogP contribution < -0.4 is 5.56 Å². The number of nitrogens with zero attached hydrogens (tertiary/aromatic N) is 3. The van der Waals surface area contributed by atoms with Crippen LogP contribution in [-0.2, 0) is 20.9 Å². The van der Waals surface area contributed by atoms with Gasteiger partial charge in [-0.25, -0.2) is 4.98 Å². The van der Waals surface area contributed by atoms with Crippen molar-refractivity contribution in [1.82, 2.24) is 14.5 Å². The van der Waals surface area contributed by atoms with E-state index >= 15 is 0 Å². The highest BCUT2D eigenvalue weighted by Gasteiger charge is 2.30. The van der Waals surface area contributed by atoms with E-state index in [2.05, 4.69) is 11.9 Å². The molecule has 0 aliphatic carbocycles. The van der Waals surface area contributed by atoms with Gasteiger partial charge in [-0.2, -0.15) is 0 Å². The van der Waals surface area contributed by atoms with E-state index in [-0.39, 0.29) is 24.1 Å². The minimum atomic E-state index is -0.900. The second-order valence-electron chi connectivity index (χ2n) is 7.68. The fourth-order valence-corrected chi connectivity index (χ4v) is 4.10. The number of hydrogen-bond acceptors (Lipinski definition) is 6. The Kier molecular flexibility index (Phi) is 5.57. The van der Waals surface area contributed by atoms with Gasteiger partial charge in [0.05, 0.1) is 6.33 Å². The van der Waals surface area contributed by atoms with Gasteiger partial charge in [0.2, 0.25) is 5.58 Å². The third-order valence-electron chi connectivity index (χ3n) is 5.69. The Morgan fingerprint density at radius 2 is 2.10 bits per heavy atom. The second kappa shape index (κ2) is 8.30. The molecular formula is C22H25N3O5. The summed E-state index contributed by atoms with van der Waals surface area (Å²) in [5.74, 6) is -0.853. The smallest absolute Gasteiger partial charge is 0.326 e. The summed E-state index contributed by atoms with van der Waals surface area (Å²) in [6, 6.07) is 7.42. The van der Waals surface area contributed by atoms with Crippen molar-refractivity contribution >= 4 is 33.9 Å². The molecule has 4 rings (SSSR count). The van der Waals surface area contributed by atoms with E-state index in [0.29, 0.717) is 17.6 Å². The molecule has 8 heteroatoms. The number of ether oxygens (including phenoxy) is 1. The van der Waals surface area contributed by atoms with Crippen LogP contribution in [0.1, 0.15) is 39.5 Å². The molecule has 2 aromatic heterocycles. The number of rotatable bonds is 5.